The van der Waals surface area contributed by atoms with Crippen LogP contribution in [0.1, 0.15) is 52.0 Å². The molecular weight excluding hydrogens is 236 g/mol. The molecule has 2 nitrogen and oxygen atoms in total. The molecule has 2 atom stereocenters. The highest BCUT2D eigenvalue weighted by Crippen LogP contribution is 2.37. The van der Waals surface area contributed by atoms with Gasteiger partial charge in [0.25, 0.3) is 0 Å². The Morgan fingerprint density at radius 1 is 1.37 bits per heavy atom. The van der Waals surface area contributed by atoms with Gasteiger partial charge in [0, 0.05) is 17.9 Å². The molecule has 0 N–H and O–H groups in total. The van der Waals surface area contributed by atoms with Crippen LogP contribution in [0.15, 0.2) is 24.3 Å². The summed E-state index contributed by atoms with van der Waals surface area (Å²) in [6, 6.07) is 7.94. The van der Waals surface area contributed by atoms with E-state index in [0.717, 1.165) is 17.7 Å². The molecule has 0 spiro atoms. The van der Waals surface area contributed by atoms with E-state index in [1.807, 2.05) is 24.3 Å². The monoisotopic (exact) mass is 260 g/mol. The minimum absolute atomic E-state index is 0.0229. The van der Waals surface area contributed by atoms with Crippen molar-refractivity contribution in [3.63, 3.8) is 0 Å². The van der Waals surface area contributed by atoms with Gasteiger partial charge in [-0.15, -0.1) is 0 Å². The molecule has 0 aliphatic carbocycles. The Kier molecular flexibility index (Phi) is 3.98. The molecule has 1 aliphatic rings. The maximum absolute atomic E-state index is 12.6. The normalized spacial score (nSPS) is 20.3. The second-order valence-electron chi connectivity index (χ2n) is 6.67. The van der Waals surface area contributed by atoms with Crippen LogP contribution >= 0.6 is 0 Å². The Bertz CT molecular complexity index is 457. The second-order valence-corrected chi connectivity index (χ2v) is 6.67. The van der Waals surface area contributed by atoms with Crippen molar-refractivity contribution in [2.45, 2.75) is 46.5 Å². The first-order valence-corrected chi connectivity index (χ1v) is 7.14. The third kappa shape index (κ3) is 3.17. The fourth-order valence-corrected chi connectivity index (χ4v) is 2.43. The summed E-state index contributed by atoms with van der Waals surface area (Å²) in [4.78, 5) is 12.6. The largest absolute Gasteiger partial charge is 0.493 e. The van der Waals surface area contributed by atoms with Gasteiger partial charge in [0.05, 0.1) is 6.61 Å². The molecule has 2 rings (SSSR count). The molecule has 0 saturated heterocycles. The lowest BCUT2D eigenvalue weighted by molar-refractivity contribution is -0.122. The number of ether oxygens (including phenoxy) is 1. The van der Waals surface area contributed by atoms with Crippen LogP contribution in [-0.4, -0.2) is 12.4 Å². The van der Waals surface area contributed by atoms with Crippen molar-refractivity contribution in [3.05, 3.63) is 29.8 Å². The first kappa shape index (κ1) is 14.1. The SMILES string of the molecule is CC(CC(=O)C1CCOc2ccccc21)C(C)(C)C. The second kappa shape index (κ2) is 5.36. The number of Topliss-reactive ketones (excluding diaryl/α,β-unsaturated/α-hetero) is 1. The van der Waals surface area contributed by atoms with Gasteiger partial charge in [0.1, 0.15) is 11.5 Å². The van der Waals surface area contributed by atoms with E-state index in [-0.39, 0.29) is 11.3 Å². The molecule has 104 valence electrons. The van der Waals surface area contributed by atoms with Crippen LogP contribution in [0.2, 0.25) is 0 Å². The molecule has 0 aromatic heterocycles. The maximum atomic E-state index is 12.6. The van der Waals surface area contributed by atoms with Crippen LogP contribution < -0.4 is 4.74 Å². The molecule has 19 heavy (non-hydrogen) atoms. The maximum Gasteiger partial charge on any atom is 0.140 e. The zero-order valence-electron chi connectivity index (χ0n) is 12.4. The Balaban J connectivity index is 2.13. The number of para-hydroxylation sites is 1. The Hall–Kier alpha value is -1.31. The summed E-state index contributed by atoms with van der Waals surface area (Å²) in [6.07, 6.45) is 1.47. The van der Waals surface area contributed by atoms with Gasteiger partial charge in [-0.25, -0.2) is 0 Å². The van der Waals surface area contributed by atoms with Gasteiger partial charge in [-0.1, -0.05) is 45.9 Å². The summed E-state index contributed by atoms with van der Waals surface area (Å²) in [6.45, 7) is 9.41. The van der Waals surface area contributed by atoms with Gasteiger partial charge >= 0.3 is 0 Å². The van der Waals surface area contributed by atoms with Crippen molar-refractivity contribution in [3.8, 4) is 5.75 Å². The van der Waals surface area contributed by atoms with Gasteiger partial charge in [-0.3, -0.25) is 4.79 Å². The molecule has 0 amide bonds. The smallest absolute Gasteiger partial charge is 0.140 e. The highest BCUT2D eigenvalue weighted by molar-refractivity contribution is 5.87. The van der Waals surface area contributed by atoms with Crippen molar-refractivity contribution in [1.82, 2.24) is 0 Å². The van der Waals surface area contributed by atoms with E-state index in [4.69, 9.17) is 4.74 Å². The average molecular weight is 260 g/mol. The molecule has 2 unspecified atom stereocenters. The van der Waals surface area contributed by atoms with Crippen molar-refractivity contribution < 1.29 is 9.53 Å². The van der Waals surface area contributed by atoms with E-state index >= 15 is 0 Å². The molecule has 1 aromatic carbocycles. The lowest BCUT2D eigenvalue weighted by atomic mass is 9.76. The van der Waals surface area contributed by atoms with Gasteiger partial charge in [-0.05, 0) is 23.8 Å². The fourth-order valence-electron chi connectivity index (χ4n) is 2.43. The Morgan fingerprint density at radius 2 is 2.05 bits per heavy atom. The topological polar surface area (TPSA) is 26.3 Å². The summed E-state index contributed by atoms with van der Waals surface area (Å²) in [5.74, 6) is 1.67. The van der Waals surface area contributed by atoms with Crippen LogP contribution in [0.3, 0.4) is 0 Å². The molecule has 1 aromatic rings. The third-order valence-electron chi connectivity index (χ3n) is 4.33. The van der Waals surface area contributed by atoms with Gasteiger partial charge < -0.3 is 4.74 Å². The summed E-state index contributed by atoms with van der Waals surface area (Å²) < 4.78 is 5.62. The van der Waals surface area contributed by atoms with Crippen LogP contribution in [0.4, 0.5) is 0 Å². The van der Waals surface area contributed by atoms with Crippen molar-refractivity contribution >= 4 is 5.78 Å². The summed E-state index contributed by atoms with van der Waals surface area (Å²) in [5, 5.41) is 0. The number of fused-ring (bicyclic) bond motifs is 1. The predicted molar refractivity (Wildman–Crippen MR) is 77.5 cm³/mol. The first-order valence-electron chi connectivity index (χ1n) is 7.14. The highest BCUT2D eigenvalue weighted by Gasteiger charge is 2.30. The van der Waals surface area contributed by atoms with Crippen molar-refractivity contribution in [2.75, 3.05) is 6.61 Å². The van der Waals surface area contributed by atoms with E-state index in [9.17, 15) is 4.79 Å². The van der Waals surface area contributed by atoms with Crippen LogP contribution in [0.25, 0.3) is 0 Å². The Morgan fingerprint density at radius 3 is 2.74 bits per heavy atom. The minimum atomic E-state index is 0.0229. The highest BCUT2D eigenvalue weighted by atomic mass is 16.5. The number of benzene rings is 1. The van der Waals surface area contributed by atoms with Gasteiger partial charge in [0.15, 0.2) is 0 Å². The molecule has 0 saturated carbocycles. The summed E-state index contributed by atoms with van der Waals surface area (Å²) in [5.41, 5.74) is 1.25. The van der Waals surface area contributed by atoms with Gasteiger partial charge in [-0.2, -0.15) is 0 Å². The molecule has 0 bridgehead atoms. The lowest BCUT2D eigenvalue weighted by Crippen LogP contribution is -2.26. The minimum Gasteiger partial charge on any atom is -0.493 e. The van der Waals surface area contributed by atoms with E-state index in [0.29, 0.717) is 24.7 Å². The van der Waals surface area contributed by atoms with Crippen molar-refractivity contribution in [1.29, 1.82) is 0 Å². The number of carbonyl (C=O) groups excluding carboxylic acids is 1. The zero-order chi connectivity index (χ0) is 14.0. The average Bonchev–Trinajstić information content (AvgIpc) is 2.36. The third-order valence-corrected chi connectivity index (χ3v) is 4.33. The molecule has 1 heterocycles. The van der Waals surface area contributed by atoms with Crippen LogP contribution in [0.5, 0.6) is 5.75 Å². The predicted octanol–water partition coefficient (Wildman–Crippen LogP) is 4.19. The molecule has 2 heteroatoms. The number of carbonyl (C=O) groups is 1. The van der Waals surface area contributed by atoms with Crippen molar-refractivity contribution in [2.24, 2.45) is 11.3 Å². The first-order chi connectivity index (χ1) is 8.89. The molecule has 0 radical (unpaired) electrons. The molecule has 1 aliphatic heterocycles. The van der Waals surface area contributed by atoms with E-state index in [1.165, 1.54) is 0 Å². The number of hydrogen-bond acceptors (Lipinski definition) is 2. The summed E-state index contributed by atoms with van der Waals surface area (Å²) >= 11 is 0. The fraction of sp³-hybridized carbons (Fsp3) is 0.588. The van der Waals surface area contributed by atoms with Crippen LogP contribution in [0, 0.1) is 11.3 Å². The van der Waals surface area contributed by atoms with Crippen LogP contribution in [-0.2, 0) is 4.79 Å². The summed E-state index contributed by atoms with van der Waals surface area (Å²) in [7, 11) is 0. The van der Waals surface area contributed by atoms with E-state index < -0.39 is 0 Å². The quantitative estimate of drug-likeness (QED) is 0.814. The standard InChI is InChI=1S/C17H24O2/c1-12(17(2,3)4)11-15(18)13-9-10-19-16-8-6-5-7-14(13)16/h5-8,12-13H,9-11H2,1-4H3. The molecular formula is C17H24O2. The Labute approximate surface area is 116 Å². The zero-order valence-corrected chi connectivity index (χ0v) is 12.4. The van der Waals surface area contributed by atoms with E-state index in [2.05, 4.69) is 27.7 Å². The number of rotatable bonds is 3. The van der Waals surface area contributed by atoms with E-state index in [1.54, 1.807) is 0 Å². The van der Waals surface area contributed by atoms with Gasteiger partial charge in [0.2, 0.25) is 0 Å². The lowest BCUT2D eigenvalue weighted by Gasteiger charge is -2.30. The molecule has 0 fully saturated rings. The number of ketones is 1. The number of hydrogen-bond donors (Lipinski definition) is 0.